The summed E-state index contributed by atoms with van der Waals surface area (Å²) in [6, 6.07) is -1.69. The lowest BCUT2D eigenvalue weighted by Gasteiger charge is -2.30. The minimum atomic E-state index is -1.13. The number of nitrogens with one attached hydrogen (secondary N) is 2. The lowest BCUT2D eigenvalue weighted by molar-refractivity contribution is -0.143. The van der Waals surface area contributed by atoms with Crippen molar-refractivity contribution in [3.8, 4) is 0 Å². The highest BCUT2D eigenvalue weighted by molar-refractivity contribution is 5.98. The third kappa shape index (κ3) is 20.8. The Bertz CT molecular complexity index is 709. The SMILES string of the molecule is CCCCCCCCCCC(O)CN(CCCCC1NC(=O)C(CC(=O)O)NC1=O)CC(O)CCCCCCCCCC. The van der Waals surface area contributed by atoms with Crippen LogP contribution in [0.5, 0.6) is 0 Å². The van der Waals surface area contributed by atoms with E-state index in [1.54, 1.807) is 0 Å². The Hall–Kier alpha value is -1.71. The molecular formula is C34H65N3O6. The molecule has 0 radical (unpaired) electrons. The summed E-state index contributed by atoms with van der Waals surface area (Å²) in [5.74, 6) is -1.93. The van der Waals surface area contributed by atoms with E-state index >= 15 is 0 Å². The summed E-state index contributed by atoms with van der Waals surface area (Å²) in [4.78, 5) is 37.6. The molecule has 2 amide bonds. The molecule has 5 N–H and O–H groups in total. The number of unbranched alkanes of at least 4 members (excludes halogenated alkanes) is 15. The van der Waals surface area contributed by atoms with Gasteiger partial charge in [-0.1, -0.05) is 117 Å². The third-order valence-electron chi connectivity index (χ3n) is 8.58. The fraction of sp³-hybridized carbons (Fsp3) is 0.912. The van der Waals surface area contributed by atoms with Crippen LogP contribution in [0, 0.1) is 0 Å². The number of hydrogen-bond donors (Lipinski definition) is 5. The Morgan fingerprint density at radius 1 is 0.651 bits per heavy atom. The van der Waals surface area contributed by atoms with Crippen molar-refractivity contribution in [2.24, 2.45) is 0 Å². The van der Waals surface area contributed by atoms with E-state index in [-0.39, 0.29) is 5.91 Å². The number of aliphatic carboxylic acids is 1. The minimum Gasteiger partial charge on any atom is -0.481 e. The molecule has 0 aromatic heterocycles. The van der Waals surface area contributed by atoms with Gasteiger partial charge in [0, 0.05) is 13.1 Å². The van der Waals surface area contributed by atoms with Gasteiger partial charge in [-0.25, -0.2) is 0 Å². The summed E-state index contributed by atoms with van der Waals surface area (Å²) in [5.41, 5.74) is 0. The molecule has 1 heterocycles. The molecule has 0 aliphatic carbocycles. The molecule has 9 nitrogen and oxygen atoms in total. The number of rotatable bonds is 29. The van der Waals surface area contributed by atoms with Gasteiger partial charge in [-0.15, -0.1) is 0 Å². The van der Waals surface area contributed by atoms with Crippen molar-refractivity contribution >= 4 is 17.8 Å². The first-order valence-corrected chi connectivity index (χ1v) is 17.7. The van der Waals surface area contributed by atoms with Gasteiger partial charge in [0.2, 0.25) is 11.8 Å². The second-order valence-corrected chi connectivity index (χ2v) is 12.8. The molecule has 0 spiro atoms. The monoisotopic (exact) mass is 611 g/mol. The number of aliphatic hydroxyl groups excluding tert-OH is 2. The van der Waals surface area contributed by atoms with Crippen LogP contribution in [-0.4, -0.2) is 81.9 Å². The fourth-order valence-corrected chi connectivity index (χ4v) is 5.94. The summed E-state index contributed by atoms with van der Waals surface area (Å²) in [6.07, 6.45) is 21.9. The molecule has 252 valence electrons. The number of carbonyl (C=O) groups excluding carboxylic acids is 2. The van der Waals surface area contributed by atoms with Crippen LogP contribution in [0.15, 0.2) is 0 Å². The van der Waals surface area contributed by atoms with E-state index in [0.29, 0.717) is 32.5 Å². The first kappa shape index (κ1) is 39.3. The topological polar surface area (TPSA) is 139 Å². The van der Waals surface area contributed by atoms with E-state index in [9.17, 15) is 24.6 Å². The molecule has 0 bridgehead atoms. The first-order chi connectivity index (χ1) is 20.8. The second kappa shape index (κ2) is 25.6. The summed E-state index contributed by atoms with van der Waals surface area (Å²) in [7, 11) is 0. The van der Waals surface area contributed by atoms with Gasteiger partial charge in [0.15, 0.2) is 0 Å². The number of piperazine rings is 1. The fourth-order valence-electron chi connectivity index (χ4n) is 5.94. The van der Waals surface area contributed by atoms with Gasteiger partial charge in [0.25, 0.3) is 0 Å². The quantitative estimate of drug-likeness (QED) is 0.0684. The second-order valence-electron chi connectivity index (χ2n) is 12.8. The van der Waals surface area contributed by atoms with Crippen molar-refractivity contribution in [2.75, 3.05) is 19.6 Å². The molecule has 1 aliphatic heterocycles. The molecule has 9 heteroatoms. The van der Waals surface area contributed by atoms with Crippen LogP contribution in [0.4, 0.5) is 0 Å². The first-order valence-electron chi connectivity index (χ1n) is 17.7. The summed E-state index contributed by atoms with van der Waals surface area (Å²) < 4.78 is 0. The lowest BCUT2D eigenvalue weighted by Crippen LogP contribution is -2.62. The summed E-state index contributed by atoms with van der Waals surface area (Å²) in [5, 5.41) is 35.7. The Morgan fingerprint density at radius 3 is 1.53 bits per heavy atom. The maximum atomic E-state index is 12.4. The zero-order chi connectivity index (χ0) is 31.7. The molecule has 4 unspecified atom stereocenters. The average molecular weight is 612 g/mol. The Morgan fingerprint density at radius 2 is 1.07 bits per heavy atom. The Balaban J connectivity index is 2.44. The van der Waals surface area contributed by atoms with Crippen LogP contribution in [0.2, 0.25) is 0 Å². The predicted molar refractivity (Wildman–Crippen MR) is 173 cm³/mol. The van der Waals surface area contributed by atoms with Crippen LogP contribution in [0.1, 0.15) is 155 Å². The van der Waals surface area contributed by atoms with Gasteiger partial charge >= 0.3 is 5.97 Å². The van der Waals surface area contributed by atoms with E-state index < -0.39 is 42.6 Å². The number of aliphatic hydroxyl groups is 2. The van der Waals surface area contributed by atoms with Crippen LogP contribution < -0.4 is 10.6 Å². The number of carbonyl (C=O) groups is 3. The van der Waals surface area contributed by atoms with E-state index in [2.05, 4.69) is 29.4 Å². The molecule has 0 aromatic carbocycles. The molecule has 1 fully saturated rings. The van der Waals surface area contributed by atoms with E-state index in [0.717, 1.165) is 44.9 Å². The highest BCUT2D eigenvalue weighted by Crippen LogP contribution is 2.15. The van der Waals surface area contributed by atoms with Gasteiger partial charge in [0.05, 0.1) is 18.6 Å². The van der Waals surface area contributed by atoms with Crippen molar-refractivity contribution < 1.29 is 29.7 Å². The van der Waals surface area contributed by atoms with Crippen molar-refractivity contribution in [2.45, 2.75) is 179 Å². The van der Waals surface area contributed by atoms with E-state index in [4.69, 9.17) is 5.11 Å². The van der Waals surface area contributed by atoms with E-state index in [1.807, 2.05) is 0 Å². The normalized spacial score (nSPS) is 18.4. The molecule has 4 atom stereocenters. The predicted octanol–water partition coefficient (Wildman–Crippen LogP) is 5.70. The smallest absolute Gasteiger partial charge is 0.305 e. The summed E-state index contributed by atoms with van der Waals surface area (Å²) in [6.45, 7) is 6.22. The van der Waals surface area contributed by atoms with Crippen molar-refractivity contribution in [3.05, 3.63) is 0 Å². The number of carboxylic acid groups (broad SMARTS) is 1. The van der Waals surface area contributed by atoms with E-state index in [1.165, 1.54) is 77.0 Å². The molecule has 0 aromatic rings. The van der Waals surface area contributed by atoms with Crippen molar-refractivity contribution in [1.29, 1.82) is 0 Å². The van der Waals surface area contributed by atoms with Crippen molar-refractivity contribution in [3.63, 3.8) is 0 Å². The van der Waals surface area contributed by atoms with Crippen LogP contribution in [-0.2, 0) is 14.4 Å². The van der Waals surface area contributed by atoms with Gasteiger partial charge in [-0.3, -0.25) is 19.3 Å². The number of hydrogen-bond acceptors (Lipinski definition) is 6. The maximum Gasteiger partial charge on any atom is 0.305 e. The van der Waals surface area contributed by atoms with Crippen LogP contribution in [0.3, 0.4) is 0 Å². The standard InChI is InChI=1S/C34H65N3O6/c1-3-5-7-9-11-13-15-17-21-28(38)26-37(27-29(39)22-18-16-14-12-10-8-6-4-2)24-20-19-23-30-33(42)36-31(25-32(40)41)34(43)35-30/h28-31,38-39H,3-27H2,1-2H3,(H,35,43)(H,36,42)(H,40,41). The maximum absolute atomic E-state index is 12.4. The van der Waals surface area contributed by atoms with Gasteiger partial charge in [-0.05, 0) is 38.6 Å². The Kier molecular flexibility index (Phi) is 23.4. The number of carboxylic acids is 1. The molecule has 1 aliphatic rings. The molecule has 43 heavy (non-hydrogen) atoms. The number of nitrogens with zero attached hydrogens (tertiary/aromatic N) is 1. The lowest BCUT2D eigenvalue weighted by atomic mass is 10.0. The summed E-state index contributed by atoms with van der Waals surface area (Å²) >= 11 is 0. The molecular weight excluding hydrogens is 546 g/mol. The van der Waals surface area contributed by atoms with Gasteiger partial charge in [-0.2, -0.15) is 0 Å². The highest BCUT2D eigenvalue weighted by Gasteiger charge is 2.34. The minimum absolute atomic E-state index is 0.343. The number of amides is 2. The molecule has 1 saturated heterocycles. The zero-order valence-electron chi connectivity index (χ0n) is 27.5. The average Bonchev–Trinajstić information content (AvgIpc) is 2.96. The van der Waals surface area contributed by atoms with Crippen LogP contribution >= 0.6 is 0 Å². The largest absolute Gasteiger partial charge is 0.481 e. The Labute approximate surface area is 262 Å². The third-order valence-corrected chi connectivity index (χ3v) is 8.58. The molecule has 1 rings (SSSR count). The molecule has 0 saturated carbocycles. The van der Waals surface area contributed by atoms with Crippen LogP contribution in [0.25, 0.3) is 0 Å². The zero-order valence-corrected chi connectivity index (χ0v) is 27.5. The highest BCUT2D eigenvalue weighted by atomic mass is 16.4. The van der Waals surface area contributed by atoms with Crippen molar-refractivity contribution in [1.82, 2.24) is 15.5 Å². The van der Waals surface area contributed by atoms with Gasteiger partial charge < -0.3 is 26.0 Å². The van der Waals surface area contributed by atoms with Gasteiger partial charge in [0.1, 0.15) is 12.1 Å².